The zero-order chi connectivity index (χ0) is 45.4. The molecule has 0 N–H and O–H groups in total. The van der Waals surface area contributed by atoms with E-state index in [4.69, 9.17) is 23.8 Å². The second-order valence-electron chi connectivity index (χ2n) is 17.5. The normalized spacial score (nSPS) is 11.8. The zero-order valence-electron chi connectivity index (χ0n) is 37.0. The molecule has 0 fully saturated rings. The van der Waals surface area contributed by atoms with Crippen molar-refractivity contribution in [2.24, 2.45) is 0 Å². The van der Waals surface area contributed by atoms with Gasteiger partial charge in [-0.15, -0.1) is 0 Å². The van der Waals surface area contributed by atoms with Gasteiger partial charge in [0.05, 0.1) is 27.8 Å². The Balaban J connectivity index is 1.08. The summed E-state index contributed by atoms with van der Waals surface area (Å²) in [7, 11) is 0. The highest BCUT2D eigenvalue weighted by Gasteiger charge is 2.25. The number of benzene rings is 10. The Labute approximate surface area is 396 Å². The molecule has 69 heavy (non-hydrogen) atoms. The van der Waals surface area contributed by atoms with E-state index in [2.05, 4.69) is 174 Å². The van der Waals surface area contributed by atoms with Gasteiger partial charge in [0, 0.05) is 49.0 Å². The predicted octanol–water partition coefficient (Wildman–Crippen LogP) is 16.8. The fraction of sp³-hybridized carbons (Fsp3) is 0. The molecule has 322 valence electrons. The average Bonchev–Trinajstić information content (AvgIpc) is 4.11. The number of para-hydroxylation sites is 5. The molecule has 6 heteroatoms. The Morgan fingerprint density at radius 3 is 1.29 bits per heavy atom. The minimum atomic E-state index is 0.496. The molecule has 0 aliphatic rings. The quantitative estimate of drug-likeness (QED) is 0.159. The Morgan fingerprint density at radius 1 is 0.275 bits per heavy atom. The van der Waals surface area contributed by atoms with Crippen LogP contribution in [-0.4, -0.2) is 19.5 Å². The molecule has 0 aliphatic heterocycles. The third kappa shape index (κ3) is 6.30. The van der Waals surface area contributed by atoms with Crippen molar-refractivity contribution in [3.05, 3.63) is 231 Å². The zero-order valence-corrected chi connectivity index (χ0v) is 37.0. The number of hydrogen-bond acceptors (Lipinski definition) is 5. The van der Waals surface area contributed by atoms with Crippen LogP contribution in [0.3, 0.4) is 0 Å². The molecule has 4 aromatic heterocycles. The molecule has 6 nitrogen and oxygen atoms in total. The molecule has 0 bridgehead atoms. The van der Waals surface area contributed by atoms with Crippen molar-refractivity contribution < 1.29 is 8.83 Å². The lowest BCUT2D eigenvalue weighted by Gasteiger charge is -2.21. The minimum Gasteiger partial charge on any atom is -0.455 e. The van der Waals surface area contributed by atoms with E-state index in [1.54, 1.807) is 0 Å². The topological polar surface area (TPSA) is 69.9 Å². The van der Waals surface area contributed by atoms with E-state index < -0.39 is 0 Å². The smallest absolute Gasteiger partial charge is 0.167 e. The second kappa shape index (κ2) is 15.6. The van der Waals surface area contributed by atoms with E-state index in [1.165, 1.54) is 21.9 Å². The van der Waals surface area contributed by atoms with Crippen LogP contribution in [0.1, 0.15) is 0 Å². The first kappa shape index (κ1) is 38.8. The lowest BCUT2D eigenvalue weighted by atomic mass is 9.92. The standard InChI is InChI=1S/C63H38N4O2/c1-4-18-39(19-5-1)42-34-35-55-53(36-42)44-24-10-13-31-54(44)67(55)58-51(40-20-6-2-7-21-40)37-43(38-52(58)41-22-8-3-9-23-41)61-64-62(49-29-16-27-47-45-25-11-14-32-56(45)68-59(47)49)66-63(65-61)50-30-17-28-48-46-26-12-15-33-57(46)69-60(48)50/h1-38H. The summed E-state index contributed by atoms with van der Waals surface area (Å²) in [4.78, 5) is 16.2. The van der Waals surface area contributed by atoms with Crippen LogP contribution in [-0.2, 0) is 0 Å². The summed E-state index contributed by atoms with van der Waals surface area (Å²) < 4.78 is 15.7. The van der Waals surface area contributed by atoms with Crippen molar-refractivity contribution in [3.63, 3.8) is 0 Å². The highest BCUT2D eigenvalue weighted by Crippen LogP contribution is 2.45. The molecular formula is C63H38N4O2. The SMILES string of the molecule is c1ccc(-c2ccc3c(c2)c2ccccc2n3-c2c(-c3ccccc3)cc(-c3nc(-c4cccc5c4oc4ccccc45)nc(-c4cccc5c4oc4ccccc45)n3)cc2-c2ccccc2)cc1. The van der Waals surface area contributed by atoms with Crippen LogP contribution in [0.4, 0.5) is 0 Å². The van der Waals surface area contributed by atoms with E-state index in [0.29, 0.717) is 17.5 Å². The third-order valence-electron chi connectivity index (χ3n) is 13.5. The summed E-state index contributed by atoms with van der Waals surface area (Å²) in [5.41, 5.74) is 15.2. The van der Waals surface area contributed by atoms with Crippen molar-refractivity contribution in [2.75, 3.05) is 0 Å². The lowest BCUT2D eigenvalue weighted by Crippen LogP contribution is -2.04. The van der Waals surface area contributed by atoms with Crippen molar-refractivity contribution >= 4 is 65.7 Å². The van der Waals surface area contributed by atoms with Gasteiger partial charge in [0.2, 0.25) is 0 Å². The van der Waals surface area contributed by atoms with E-state index in [9.17, 15) is 0 Å². The van der Waals surface area contributed by atoms with Gasteiger partial charge in [-0.05, 0) is 76.9 Å². The Hall–Kier alpha value is -9.39. The Morgan fingerprint density at radius 2 is 0.725 bits per heavy atom. The molecule has 0 amide bonds. The molecule has 0 unspecified atom stereocenters. The number of nitrogens with zero attached hydrogens (tertiary/aromatic N) is 4. The van der Waals surface area contributed by atoms with Gasteiger partial charge in [-0.1, -0.05) is 176 Å². The molecule has 0 spiro atoms. The number of rotatable bonds is 7. The highest BCUT2D eigenvalue weighted by atomic mass is 16.3. The summed E-state index contributed by atoms with van der Waals surface area (Å²) in [6.45, 7) is 0. The molecule has 0 aliphatic carbocycles. The van der Waals surface area contributed by atoms with E-state index in [-0.39, 0.29) is 0 Å². The van der Waals surface area contributed by atoms with Crippen LogP contribution >= 0.6 is 0 Å². The first-order valence-electron chi connectivity index (χ1n) is 23.2. The molecular weight excluding hydrogens is 845 g/mol. The molecule has 0 radical (unpaired) electrons. The molecule has 14 aromatic rings. The fourth-order valence-electron chi connectivity index (χ4n) is 10.3. The molecule has 0 saturated carbocycles. The third-order valence-corrected chi connectivity index (χ3v) is 13.5. The summed E-state index contributed by atoms with van der Waals surface area (Å²) in [5, 5.41) is 6.42. The number of aromatic nitrogens is 4. The van der Waals surface area contributed by atoms with Crippen molar-refractivity contribution in [3.8, 4) is 73.2 Å². The van der Waals surface area contributed by atoms with Crippen LogP contribution in [0.5, 0.6) is 0 Å². The van der Waals surface area contributed by atoms with Gasteiger partial charge in [0.1, 0.15) is 22.3 Å². The van der Waals surface area contributed by atoms with Gasteiger partial charge in [-0.2, -0.15) is 0 Å². The molecule has 0 atom stereocenters. The monoisotopic (exact) mass is 882 g/mol. The first-order chi connectivity index (χ1) is 34.2. The Kier molecular flexibility index (Phi) is 8.79. The minimum absolute atomic E-state index is 0.496. The number of fused-ring (bicyclic) bond motifs is 9. The van der Waals surface area contributed by atoms with Crippen molar-refractivity contribution in [1.29, 1.82) is 0 Å². The molecule has 4 heterocycles. The van der Waals surface area contributed by atoms with Gasteiger partial charge in [0.15, 0.2) is 17.5 Å². The lowest BCUT2D eigenvalue weighted by molar-refractivity contribution is 0.669. The highest BCUT2D eigenvalue weighted by molar-refractivity contribution is 6.13. The Bertz CT molecular complexity index is 4110. The van der Waals surface area contributed by atoms with Gasteiger partial charge in [0.25, 0.3) is 0 Å². The molecule has 0 saturated heterocycles. The average molecular weight is 883 g/mol. The van der Waals surface area contributed by atoms with Crippen LogP contribution in [0.2, 0.25) is 0 Å². The predicted molar refractivity (Wildman–Crippen MR) is 281 cm³/mol. The summed E-state index contributed by atoms with van der Waals surface area (Å²) >= 11 is 0. The summed E-state index contributed by atoms with van der Waals surface area (Å²) in [5.74, 6) is 1.51. The van der Waals surface area contributed by atoms with Gasteiger partial charge < -0.3 is 13.4 Å². The van der Waals surface area contributed by atoms with E-state index >= 15 is 0 Å². The van der Waals surface area contributed by atoms with E-state index in [0.717, 1.165) is 99.5 Å². The maximum atomic E-state index is 6.63. The van der Waals surface area contributed by atoms with Crippen molar-refractivity contribution in [1.82, 2.24) is 19.5 Å². The van der Waals surface area contributed by atoms with Crippen LogP contribution in [0.15, 0.2) is 239 Å². The van der Waals surface area contributed by atoms with E-state index in [1.807, 2.05) is 60.7 Å². The van der Waals surface area contributed by atoms with Gasteiger partial charge >= 0.3 is 0 Å². The maximum absolute atomic E-state index is 6.63. The fourth-order valence-corrected chi connectivity index (χ4v) is 10.3. The van der Waals surface area contributed by atoms with Gasteiger partial charge in [-0.25, -0.2) is 15.0 Å². The van der Waals surface area contributed by atoms with Crippen LogP contribution in [0.25, 0.3) is 139 Å². The van der Waals surface area contributed by atoms with Crippen LogP contribution in [0, 0.1) is 0 Å². The van der Waals surface area contributed by atoms with Crippen LogP contribution < -0.4 is 0 Å². The van der Waals surface area contributed by atoms with Gasteiger partial charge in [-0.3, -0.25) is 0 Å². The summed E-state index contributed by atoms with van der Waals surface area (Å²) in [6.07, 6.45) is 0. The maximum Gasteiger partial charge on any atom is 0.167 e. The second-order valence-corrected chi connectivity index (χ2v) is 17.5. The summed E-state index contributed by atoms with van der Waals surface area (Å²) in [6, 6.07) is 80.6. The number of hydrogen-bond donors (Lipinski definition) is 0. The number of furan rings is 2. The molecule has 10 aromatic carbocycles. The van der Waals surface area contributed by atoms with Crippen molar-refractivity contribution in [2.45, 2.75) is 0 Å². The first-order valence-corrected chi connectivity index (χ1v) is 23.2. The molecule has 14 rings (SSSR count). The largest absolute Gasteiger partial charge is 0.455 e.